The number of benzene rings is 1. The second-order valence-electron chi connectivity index (χ2n) is 3.79. The van der Waals surface area contributed by atoms with Crippen LogP contribution in [-0.4, -0.2) is 30.7 Å². The first-order chi connectivity index (χ1) is 9.06. The molecule has 1 aromatic carbocycles. The van der Waals surface area contributed by atoms with Crippen LogP contribution >= 0.6 is 15.9 Å². The molecule has 6 nitrogen and oxygen atoms in total. The largest absolute Gasteiger partial charge is 0.341 e. The number of nitrogens with zero attached hydrogens (tertiary/aromatic N) is 2. The van der Waals surface area contributed by atoms with Gasteiger partial charge in [0.05, 0.1) is 17.3 Å². The summed E-state index contributed by atoms with van der Waals surface area (Å²) in [5.41, 5.74) is 0.664. The van der Waals surface area contributed by atoms with Crippen LogP contribution in [0.3, 0.4) is 0 Å². The monoisotopic (exact) mass is 321 g/mol. The first-order valence-corrected chi connectivity index (χ1v) is 6.14. The molecule has 0 unspecified atom stereocenters. The quantitative estimate of drug-likeness (QED) is 0.652. The molecule has 1 aliphatic heterocycles. The number of carbonyl (C=O) groups excluding carboxylic acids is 3. The van der Waals surface area contributed by atoms with Crippen LogP contribution in [0.1, 0.15) is 10.4 Å². The molecule has 2 rings (SSSR count). The molecule has 0 spiro atoms. The second kappa shape index (κ2) is 5.20. The van der Waals surface area contributed by atoms with Crippen molar-refractivity contribution in [2.45, 2.75) is 0 Å². The first kappa shape index (κ1) is 13.2. The third-order valence-corrected chi connectivity index (χ3v) is 3.28. The van der Waals surface area contributed by atoms with Gasteiger partial charge in [-0.15, -0.1) is 0 Å². The van der Waals surface area contributed by atoms with Crippen molar-refractivity contribution in [2.24, 2.45) is 0 Å². The summed E-state index contributed by atoms with van der Waals surface area (Å²) in [4.78, 5) is 36.3. The summed E-state index contributed by atoms with van der Waals surface area (Å²) in [7, 11) is 0. The van der Waals surface area contributed by atoms with Crippen LogP contribution in [0.4, 0.5) is 5.69 Å². The van der Waals surface area contributed by atoms with E-state index in [1.807, 2.05) is 0 Å². The highest BCUT2D eigenvalue weighted by atomic mass is 79.9. The number of ketones is 1. The standard InChI is InChI=1S/C12H8BrN3O3/c13-7-2-1-3-8-10(7)11(18)12(19)16(8)6-9(17)15-5-4-14/h1-3H,5-6H2,(H,15,17). The Hall–Kier alpha value is -2.20. The Balaban J connectivity index is 2.27. The predicted octanol–water partition coefficient (Wildman–Crippen LogP) is 0.618. The van der Waals surface area contributed by atoms with E-state index in [1.165, 1.54) is 0 Å². The van der Waals surface area contributed by atoms with E-state index >= 15 is 0 Å². The molecule has 1 aliphatic rings. The highest BCUT2D eigenvalue weighted by molar-refractivity contribution is 9.10. The van der Waals surface area contributed by atoms with E-state index in [2.05, 4.69) is 21.2 Å². The summed E-state index contributed by atoms with van der Waals surface area (Å²) in [5.74, 6) is -1.87. The van der Waals surface area contributed by atoms with Gasteiger partial charge in [0.25, 0.3) is 11.7 Å². The van der Waals surface area contributed by atoms with Gasteiger partial charge in [-0.05, 0) is 28.1 Å². The van der Waals surface area contributed by atoms with E-state index in [-0.39, 0.29) is 18.7 Å². The van der Waals surface area contributed by atoms with Gasteiger partial charge in [-0.3, -0.25) is 19.3 Å². The molecule has 1 aromatic rings. The SMILES string of the molecule is N#CCNC(=O)CN1C(=O)C(=O)c2c(Br)cccc21. The topological polar surface area (TPSA) is 90.3 Å². The summed E-state index contributed by atoms with van der Waals surface area (Å²) in [6, 6.07) is 6.69. The molecular weight excluding hydrogens is 314 g/mol. The van der Waals surface area contributed by atoms with Gasteiger partial charge in [-0.25, -0.2) is 0 Å². The summed E-state index contributed by atoms with van der Waals surface area (Å²) in [6.07, 6.45) is 0. The normalized spacial score (nSPS) is 13.2. The number of nitrogens with one attached hydrogen (secondary N) is 1. The van der Waals surface area contributed by atoms with Crippen molar-refractivity contribution in [3.05, 3.63) is 28.2 Å². The molecule has 0 bridgehead atoms. The molecule has 0 saturated carbocycles. The van der Waals surface area contributed by atoms with Crippen molar-refractivity contribution in [1.29, 1.82) is 5.26 Å². The third kappa shape index (κ3) is 2.35. The minimum Gasteiger partial charge on any atom is -0.341 e. The van der Waals surface area contributed by atoms with Crippen molar-refractivity contribution in [1.82, 2.24) is 5.32 Å². The van der Waals surface area contributed by atoms with E-state index in [1.54, 1.807) is 24.3 Å². The molecule has 19 heavy (non-hydrogen) atoms. The zero-order chi connectivity index (χ0) is 14.0. The number of anilines is 1. The van der Waals surface area contributed by atoms with Crippen LogP contribution in [0.5, 0.6) is 0 Å². The minimum absolute atomic E-state index is 0.139. The third-order valence-electron chi connectivity index (χ3n) is 2.62. The van der Waals surface area contributed by atoms with E-state index < -0.39 is 17.6 Å². The maximum Gasteiger partial charge on any atom is 0.299 e. The average Bonchev–Trinajstić information content (AvgIpc) is 2.63. The highest BCUT2D eigenvalue weighted by Gasteiger charge is 2.38. The van der Waals surface area contributed by atoms with Crippen molar-refractivity contribution >= 4 is 39.2 Å². The van der Waals surface area contributed by atoms with Gasteiger partial charge in [-0.2, -0.15) is 5.26 Å². The fourth-order valence-corrected chi connectivity index (χ4v) is 2.33. The van der Waals surface area contributed by atoms with Gasteiger partial charge in [0.1, 0.15) is 13.1 Å². The molecule has 7 heteroatoms. The van der Waals surface area contributed by atoms with E-state index in [0.29, 0.717) is 10.2 Å². The predicted molar refractivity (Wildman–Crippen MR) is 69.4 cm³/mol. The molecule has 1 heterocycles. The van der Waals surface area contributed by atoms with E-state index in [9.17, 15) is 14.4 Å². The molecule has 0 saturated heterocycles. The summed E-state index contributed by atoms with van der Waals surface area (Å²) >= 11 is 3.21. The fraction of sp³-hybridized carbons (Fsp3) is 0.167. The molecule has 1 N–H and O–H groups in total. The van der Waals surface area contributed by atoms with Gasteiger partial charge in [0.2, 0.25) is 5.91 Å². The van der Waals surface area contributed by atoms with Gasteiger partial charge >= 0.3 is 0 Å². The zero-order valence-electron chi connectivity index (χ0n) is 9.64. The Bertz CT molecular complexity index is 621. The Labute approximate surface area is 117 Å². The zero-order valence-corrected chi connectivity index (χ0v) is 11.2. The number of nitriles is 1. The van der Waals surface area contributed by atoms with E-state index in [4.69, 9.17) is 5.26 Å². The summed E-state index contributed by atoms with van der Waals surface area (Å²) in [6.45, 7) is -0.421. The minimum atomic E-state index is -0.742. The number of hydrogen-bond donors (Lipinski definition) is 1. The number of Topliss-reactive ketones (excluding diaryl/α,β-unsaturated/α-hetero) is 1. The highest BCUT2D eigenvalue weighted by Crippen LogP contribution is 2.33. The van der Waals surface area contributed by atoms with Crippen LogP contribution in [0.25, 0.3) is 0 Å². The van der Waals surface area contributed by atoms with E-state index in [0.717, 1.165) is 4.90 Å². The van der Waals surface area contributed by atoms with Gasteiger partial charge in [0, 0.05) is 4.47 Å². The number of halogens is 1. The van der Waals surface area contributed by atoms with Crippen LogP contribution in [-0.2, 0) is 9.59 Å². The molecule has 0 radical (unpaired) electrons. The van der Waals surface area contributed by atoms with Gasteiger partial charge < -0.3 is 5.32 Å². The maximum absolute atomic E-state index is 11.8. The number of carbonyl (C=O) groups is 3. The number of rotatable bonds is 3. The Morgan fingerprint density at radius 1 is 1.42 bits per heavy atom. The average molecular weight is 322 g/mol. The lowest BCUT2D eigenvalue weighted by Gasteiger charge is -2.15. The van der Waals surface area contributed by atoms with Crippen molar-refractivity contribution < 1.29 is 14.4 Å². The molecule has 0 fully saturated rings. The van der Waals surface area contributed by atoms with Crippen molar-refractivity contribution in [2.75, 3.05) is 18.0 Å². The molecular formula is C12H8BrN3O3. The van der Waals surface area contributed by atoms with Crippen LogP contribution in [0.15, 0.2) is 22.7 Å². The van der Waals surface area contributed by atoms with Gasteiger partial charge in [0.15, 0.2) is 0 Å². The Morgan fingerprint density at radius 2 is 2.16 bits per heavy atom. The number of hydrogen-bond acceptors (Lipinski definition) is 4. The summed E-state index contributed by atoms with van der Waals surface area (Å²) in [5, 5.41) is 10.7. The lowest BCUT2D eigenvalue weighted by molar-refractivity contribution is -0.121. The lowest BCUT2D eigenvalue weighted by Crippen LogP contribution is -2.40. The van der Waals surface area contributed by atoms with Crippen LogP contribution in [0, 0.1) is 11.3 Å². The number of amides is 2. The summed E-state index contributed by atoms with van der Waals surface area (Å²) < 4.78 is 0.517. The molecule has 0 aromatic heterocycles. The fourth-order valence-electron chi connectivity index (χ4n) is 1.80. The Kier molecular flexibility index (Phi) is 3.62. The number of fused-ring (bicyclic) bond motifs is 1. The molecule has 0 atom stereocenters. The Morgan fingerprint density at radius 3 is 2.84 bits per heavy atom. The maximum atomic E-state index is 11.8. The van der Waals surface area contributed by atoms with Crippen molar-refractivity contribution in [3.63, 3.8) is 0 Å². The van der Waals surface area contributed by atoms with Gasteiger partial charge in [-0.1, -0.05) is 6.07 Å². The lowest BCUT2D eigenvalue weighted by atomic mass is 10.1. The molecule has 96 valence electrons. The van der Waals surface area contributed by atoms with Crippen molar-refractivity contribution in [3.8, 4) is 6.07 Å². The second-order valence-corrected chi connectivity index (χ2v) is 4.64. The molecule has 2 amide bonds. The van der Waals surface area contributed by atoms with Crippen LogP contribution < -0.4 is 10.2 Å². The van der Waals surface area contributed by atoms with Crippen LogP contribution in [0.2, 0.25) is 0 Å². The molecule has 0 aliphatic carbocycles. The smallest absolute Gasteiger partial charge is 0.299 e. The first-order valence-electron chi connectivity index (χ1n) is 5.34.